The maximum Gasteiger partial charge on any atom is 0.262 e. The van der Waals surface area contributed by atoms with Crippen LogP contribution in [0.25, 0.3) is 0 Å². The minimum Gasteiger partial charge on any atom is -0.371 e. The summed E-state index contributed by atoms with van der Waals surface area (Å²) in [5.74, 6) is -1.91. The number of rotatable bonds is 3. The van der Waals surface area contributed by atoms with Crippen molar-refractivity contribution in [3.63, 3.8) is 0 Å². The maximum atomic E-state index is 12.9. The minimum absolute atomic E-state index is 0.119. The number of carbonyl (C=O) groups excluding carboxylic acids is 4. The van der Waals surface area contributed by atoms with Crippen LogP contribution in [-0.2, 0) is 9.59 Å². The van der Waals surface area contributed by atoms with Crippen LogP contribution in [0.15, 0.2) is 18.2 Å². The first-order valence-corrected chi connectivity index (χ1v) is 9.26. The number of amides is 4. The van der Waals surface area contributed by atoms with Gasteiger partial charge in [0, 0.05) is 25.2 Å². The lowest BCUT2D eigenvalue weighted by Crippen LogP contribution is -2.54. The molecular weight excluding hydrogens is 348 g/mol. The number of fused-ring (bicyclic) bond motifs is 1. The van der Waals surface area contributed by atoms with Gasteiger partial charge >= 0.3 is 0 Å². The van der Waals surface area contributed by atoms with Crippen LogP contribution >= 0.6 is 0 Å². The standard InChI is InChI=1S/C19H22N4O4/c1-22(11-6-8-20-9-7-11)12-2-3-13-14(10-12)19(27)23(18(13)26)15-4-5-16(24)21-17(15)25/h2-3,10-11,15,20H,4-9H2,1H3,(H,21,24,25). The number of piperidine rings is 2. The van der Waals surface area contributed by atoms with Crippen molar-refractivity contribution in [3.8, 4) is 0 Å². The zero-order chi connectivity index (χ0) is 19.1. The molecule has 142 valence electrons. The van der Waals surface area contributed by atoms with Gasteiger partial charge in [0.1, 0.15) is 6.04 Å². The van der Waals surface area contributed by atoms with Crippen LogP contribution in [0.2, 0.25) is 0 Å². The van der Waals surface area contributed by atoms with Gasteiger partial charge in [-0.25, -0.2) is 0 Å². The van der Waals surface area contributed by atoms with E-state index < -0.39 is 23.8 Å². The van der Waals surface area contributed by atoms with Gasteiger partial charge < -0.3 is 10.2 Å². The number of benzene rings is 1. The number of hydrogen-bond donors (Lipinski definition) is 2. The smallest absolute Gasteiger partial charge is 0.262 e. The van der Waals surface area contributed by atoms with Crippen LogP contribution in [0, 0.1) is 0 Å². The molecule has 8 heteroatoms. The Kier molecular flexibility index (Phi) is 4.43. The largest absolute Gasteiger partial charge is 0.371 e. The summed E-state index contributed by atoms with van der Waals surface area (Å²) in [4.78, 5) is 52.3. The zero-order valence-electron chi connectivity index (χ0n) is 15.2. The molecule has 0 aliphatic carbocycles. The predicted octanol–water partition coefficient (Wildman–Crippen LogP) is 0.276. The summed E-state index contributed by atoms with van der Waals surface area (Å²) in [5.41, 5.74) is 1.52. The van der Waals surface area contributed by atoms with Crippen LogP contribution in [-0.4, -0.2) is 60.7 Å². The molecule has 8 nitrogen and oxygen atoms in total. The number of hydrogen-bond acceptors (Lipinski definition) is 6. The Balaban J connectivity index is 1.60. The Morgan fingerprint density at radius 3 is 2.41 bits per heavy atom. The normalized spacial score (nSPS) is 23.4. The fourth-order valence-corrected chi connectivity index (χ4v) is 4.08. The fourth-order valence-electron chi connectivity index (χ4n) is 4.08. The quantitative estimate of drug-likeness (QED) is 0.742. The monoisotopic (exact) mass is 370 g/mol. The van der Waals surface area contributed by atoms with Gasteiger partial charge in [0.05, 0.1) is 11.1 Å². The summed E-state index contributed by atoms with van der Waals surface area (Å²) in [5, 5.41) is 5.54. The molecular formula is C19H22N4O4. The van der Waals surface area contributed by atoms with Gasteiger partial charge in [-0.15, -0.1) is 0 Å². The van der Waals surface area contributed by atoms with E-state index in [1.54, 1.807) is 12.1 Å². The van der Waals surface area contributed by atoms with Crippen LogP contribution in [0.3, 0.4) is 0 Å². The van der Waals surface area contributed by atoms with Crippen molar-refractivity contribution in [3.05, 3.63) is 29.3 Å². The van der Waals surface area contributed by atoms with Crippen LogP contribution in [0.5, 0.6) is 0 Å². The zero-order valence-corrected chi connectivity index (χ0v) is 15.2. The number of nitrogens with zero attached hydrogens (tertiary/aromatic N) is 2. The molecule has 0 aromatic heterocycles. The second-order valence-electron chi connectivity index (χ2n) is 7.27. The van der Waals surface area contributed by atoms with Crippen LogP contribution < -0.4 is 15.5 Å². The molecule has 27 heavy (non-hydrogen) atoms. The highest BCUT2D eigenvalue weighted by Crippen LogP contribution is 2.31. The maximum absolute atomic E-state index is 12.9. The molecule has 3 heterocycles. The summed E-state index contributed by atoms with van der Waals surface area (Å²) >= 11 is 0. The molecule has 1 unspecified atom stereocenters. The highest BCUT2D eigenvalue weighted by atomic mass is 16.2. The van der Waals surface area contributed by atoms with Crippen molar-refractivity contribution in [2.24, 2.45) is 0 Å². The lowest BCUT2D eigenvalue weighted by molar-refractivity contribution is -0.136. The summed E-state index contributed by atoms with van der Waals surface area (Å²) in [6.45, 7) is 1.92. The summed E-state index contributed by atoms with van der Waals surface area (Å²) in [6.07, 6.45) is 2.32. The lowest BCUT2D eigenvalue weighted by Gasteiger charge is -2.33. The predicted molar refractivity (Wildman–Crippen MR) is 97.4 cm³/mol. The third-order valence-electron chi connectivity index (χ3n) is 5.69. The first-order valence-electron chi connectivity index (χ1n) is 9.26. The van der Waals surface area contributed by atoms with Gasteiger partial charge in [-0.3, -0.25) is 29.4 Å². The topological polar surface area (TPSA) is 98.8 Å². The van der Waals surface area contributed by atoms with Crippen LogP contribution in [0.1, 0.15) is 46.4 Å². The fraction of sp³-hybridized carbons (Fsp3) is 0.474. The SMILES string of the molecule is CN(c1ccc2c(c1)C(=O)N(C1CCC(=O)NC1=O)C2=O)C1CCNCC1. The summed E-state index contributed by atoms with van der Waals surface area (Å²) < 4.78 is 0. The average Bonchev–Trinajstić information content (AvgIpc) is 2.92. The molecule has 1 aromatic carbocycles. The van der Waals surface area contributed by atoms with E-state index in [0.717, 1.165) is 36.5 Å². The lowest BCUT2D eigenvalue weighted by atomic mass is 10.0. The number of nitrogens with one attached hydrogen (secondary N) is 2. The second kappa shape index (κ2) is 6.77. The first-order chi connectivity index (χ1) is 13.0. The Labute approximate surface area is 156 Å². The molecule has 0 bridgehead atoms. The van der Waals surface area contributed by atoms with Crippen molar-refractivity contribution in [1.82, 2.24) is 15.5 Å². The third kappa shape index (κ3) is 2.99. The molecule has 4 rings (SSSR count). The Hall–Kier alpha value is -2.74. The molecule has 2 fully saturated rings. The van der Waals surface area contributed by atoms with Crippen molar-refractivity contribution in [2.45, 2.75) is 37.8 Å². The van der Waals surface area contributed by atoms with E-state index >= 15 is 0 Å². The molecule has 0 saturated carbocycles. The number of carbonyl (C=O) groups is 4. The van der Waals surface area contributed by atoms with Gasteiger partial charge in [-0.05, 0) is 50.6 Å². The molecule has 0 spiro atoms. The van der Waals surface area contributed by atoms with E-state index in [0.29, 0.717) is 17.2 Å². The number of imide groups is 2. The highest BCUT2D eigenvalue weighted by molar-refractivity contribution is 6.23. The van der Waals surface area contributed by atoms with E-state index in [2.05, 4.69) is 15.5 Å². The molecule has 1 atom stereocenters. The van der Waals surface area contributed by atoms with Gasteiger partial charge in [-0.1, -0.05) is 0 Å². The molecule has 4 amide bonds. The highest BCUT2D eigenvalue weighted by Gasteiger charge is 2.44. The second-order valence-corrected chi connectivity index (χ2v) is 7.27. The van der Waals surface area contributed by atoms with Gasteiger partial charge in [0.15, 0.2) is 0 Å². The van der Waals surface area contributed by atoms with E-state index in [4.69, 9.17) is 0 Å². The Bertz CT molecular complexity index is 831. The molecule has 1 aromatic rings. The third-order valence-corrected chi connectivity index (χ3v) is 5.69. The van der Waals surface area contributed by atoms with E-state index in [9.17, 15) is 19.2 Å². The van der Waals surface area contributed by atoms with Crippen molar-refractivity contribution in [2.75, 3.05) is 25.0 Å². The summed E-state index contributed by atoms with van der Waals surface area (Å²) in [7, 11) is 2.00. The molecule has 3 aliphatic rings. The minimum atomic E-state index is -0.930. The van der Waals surface area contributed by atoms with E-state index in [1.165, 1.54) is 0 Å². The van der Waals surface area contributed by atoms with Crippen LogP contribution in [0.4, 0.5) is 5.69 Å². The van der Waals surface area contributed by atoms with Crippen molar-refractivity contribution in [1.29, 1.82) is 0 Å². The van der Waals surface area contributed by atoms with Gasteiger partial charge in [0.25, 0.3) is 11.8 Å². The summed E-state index contributed by atoms with van der Waals surface area (Å²) in [6, 6.07) is 4.70. The first kappa shape index (κ1) is 17.7. The molecule has 0 radical (unpaired) electrons. The number of anilines is 1. The van der Waals surface area contributed by atoms with E-state index in [1.807, 2.05) is 13.1 Å². The van der Waals surface area contributed by atoms with Gasteiger partial charge in [0.2, 0.25) is 11.8 Å². The molecule has 3 aliphatic heterocycles. The molecule has 2 saturated heterocycles. The van der Waals surface area contributed by atoms with E-state index in [-0.39, 0.29) is 18.7 Å². The van der Waals surface area contributed by atoms with Crippen molar-refractivity contribution < 1.29 is 19.2 Å². The van der Waals surface area contributed by atoms with Gasteiger partial charge in [-0.2, -0.15) is 0 Å². The Morgan fingerprint density at radius 1 is 1.00 bits per heavy atom. The van der Waals surface area contributed by atoms with Crippen molar-refractivity contribution >= 4 is 29.3 Å². The Morgan fingerprint density at radius 2 is 1.70 bits per heavy atom. The average molecular weight is 370 g/mol. The molecule has 2 N–H and O–H groups in total.